The molecule has 0 aliphatic heterocycles. The number of carbonyl (C=O) groups is 1. The van der Waals surface area contributed by atoms with Gasteiger partial charge in [-0.15, -0.1) is 0 Å². The van der Waals surface area contributed by atoms with Gasteiger partial charge in [-0.2, -0.15) is 0 Å². The maximum Gasteiger partial charge on any atom is 0.256 e. The summed E-state index contributed by atoms with van der Waals surface area (Å²) in [6.45, 7) is 7.94. The van der Waals surface area contributed by atoms with E-state index in [0.717, 1.165) is 41.0 Å². The van der Waals surface area contributed by atoms with Crippen molar-refractivity contribution in [3.8, 4) is 5.75 Å². The van der Waals surface area contributed by atoms with Gasteiger partial charge in [0.15, 0.2) is 0 Å². The van der Waals surface area contributed by atoms with Crippen molar-refractivity contribution in [1.29, 1.82) is 0 Å². The van der Waals surface area contributed by atoms with Crippen LogP contribution in [0.25, 0.3) is 0 Å². The van der Waals surface area contributed by atoms with Crippen LogP contribution in [0.1, 0.15) is 47.8 Å². The summed E-state index contributed by atoms with van der Waals surface area (Å²) in [5.41, 5.74) is 4.74. The fourth-order valence-electron chi connectivity index (χ4n) is 2.68. The average molecular weight is 338 g/mol. The number of aryl methyl sites for hydroxylation is 3. The van der Waals surface area contributed by atoms with Gasteiger partial charge in [0.1, 0.15) is 11.6 Å². The predicted molar refractivity (Wildman–Crippen MR) is 103 cm³/mol. The number of carbonyl (C=O) groups excluding carboxylic acids is 1. The molecular formula is C21H26N2O2. The quantitative estimate of drug-likeness (QED) is 0.639. The van der Waals surface area contributed by atoms with Crippen LogP contribution in [0.3, 0.4) is 0 Å². The minimum Gasteiger partial charge on any atom is -0.496 e. The lowest BCUT2D eigenvalue weighted by atomic mass is 10.1. The zero-order chi connectivity index (χ0) is 18.4. The predicted octanol–water partition coefficient (Wildman–Crippen LogP) is 4.61. The molecule has 0 saturated heterocycles. The van der Waals surface area contributed by atoms with E-state index in [1.165, 1.54) is 0 Å². The number of amidine groups is 1. The number of rotatable bonds is 5. The summed E-state index contributed by atoms with van der Waals surface area (Å²) in [6.07, 6.45) is 1.76. The van der Waals surface area contributed by atoms with E-state index in [1.54, 1.807) is 14.0 Å². The molecule has 1 amide bonds. The zero-order valence-corrected chi connectivity index (χ0v) is 15.6. The molecule has 4 heteroatoms. The molecule has 0 bridgehead atoms. The molecule has 0 saturated carbocycles. The van der Waals surface area contributed by atoms with E-state index in [0.29, 0.717) is 11.4 Å². The molecule has 0 atom stereocenters. The molecule has 2 aromatic carbocycles. The van der Waals surface area contributed by atoms with Crippen LogP contribution < -0.4 is 10.1 Å². The lowest BCUT2D eigenvalue weighted by Crippen LogP contribution is -2.28. The lowest BCUT2D eigenvalue weighted by molar-refractivity contribution is 0.0977. The van der Waals surface area contributed by atoms with E-state index in [9.17, 15) is 4.79 Å². The van der Waals surface area contributed by atoms with E-state index >= 15 is 0 Å². The largest absolute Gasteiger partial charge is 0.496 e. The van der Waals surface area contributed by atoms with Crippen LogP contribution in [0.2, 0.25) is 0 Å². The standard InChI is InChI=1S/C21H26N2O2/c1-6-16-9-8-10-18(12-16)21(24)23-15(4)22-19-13-17(7-2)20(25-5)11-14(19)3/h8-13H,6-7H2,1-5H3,(H,22,23,24). The lowest BCUT2D eigenvalue weighted by Gasteiger charge is -2.11. The zero-order valence-electron chi connectivity index (χ0n) is 15.6. The van der Waals surface area contributed by atoms with E-state index in [-0.39, 0.29) is 5.91 Å². The van der Waals surface area contributed by atoms with E-state index in [1.807, 2.05) is 43.3 Å². The van der Waals surface area contributed by atoms with E-state index in [4.69, 9.17) is 4.74 Å². The molecule has 132 valence electrons. The molecule has 0 aliphatic rings. The number of hydrogen-bond donors (Lipinski definition) is 1. The van der Waals surface area contributed by atoms with Gasteiger partial charge in [0.25, 0.3) is 5.91 Å². The molecule has 0 fully saturated rings. The highest BCUT2D eigenvalue weighted by atomic mass is 16.5. The molecule has 0 spiro atoms. The van der Waals surface area contributed by atoms with Crippen LogP contribution >= 0.6 is 0 Å². The summed E-state index contributed by atoms with van der Waals surface area (Å²) >= 11 is 0. The van der Waals surface area contributed by atoms with E-state index < -0.39 is 0 Å². The average Bonchev–Trinajstić information content (AvgIpc) is 2.62. The Bertz CT molecular complexity index is 794. The van der Waals surface area contributed by atoms with E-state index in [2.05, 4.69) is 24.2 Å². The fourth-order valence-corrected chi connectivity index (χ4v) is 2.68. The van der Waals surface area contributed by atoms with Crippen molar-refractivity contribution in [2.75, 3.05) is 7.11 Å². The number of ether oxygens (including phenoxy) is 1. The molecule has 2 rings (SSSR count). The molecule has 4 nitrogen and oxygen atoms in total. The minimum absolute atomic E-state index is 0.140. The summed E-state index contributed by atoms with van der Waals surface area (Å²) in [4.78, 5) is 17.0. The Morgan fingerprint density at radius 2 is 1.92 bits per heavy atom. The number of methoxy groups -OCH3 is 1. The van der Waals surface area contributed by atoms with Crippen molar-refractivity contribution >= 4 is 17.4 Å². The van der Waals surface area contributed by atoms with Gasteiger partial charge in [-0.3, -0.25) is 4.79 Å². The topological polar surface area (TPSA) is 50.7 Å². The Morgan fingerprint density at radius 1 is 1.16 bits per heavy atom. The summed E-state index contributed by atoms with van der Waals surface area (Å²) in [6, 6.07) is 11.6. The SMILES string of the molecule is CCc1cccc(C(=O)NC(C)=Nc2cc(CC)c(OC)cc2C)c1. The third-order valence-electron chi connectivity index (χ3n) is 4.16. The first-order chi connectivity index (χ1) is 12.0. The molecule has 0 aromatic heterocycles. The van der Waals surface area contributed by atoms with Gasteiger partial charge in [0.2, 0.25) is 0 Å². The van der Waals surface area contributed by atoms with Crippen LogP contribution in [0, 0.1) is 6.92 Å². The Hall–Kier alpha value is -2.62. The van der Waals surface area contributed by atoms with Crippen LogP contribution in [-0.4, -0.2) is 18.9 Å². The third kappa shape index (κ3) is 4.69. The number of amides is 1. The second kappa shape index (κ2) is 8.47. The number of nitrogens with zero attached hydrogens (tertiary/aromatic N) is 1. The second-order valence-electron chi connectivity index (χ2n) is 6.01. The Morgan fingerprint density at radius 3 is 2.56 bits per heavy atom. The first-order valence-electron chi connectivity index (χ1n) is 8.61. The van der Waals surface area contributed by atoms with Gasteiger partial charge in [-0.25, -0.2) is 4.99 Å². The summed E-state index contributed by atoms with van der Waals surface area (Å²) in [5, 5.41) is 2.87. The molecule has 1 N–H and O–H groups in total. The van der Waals surface area contributed by atoms with Gasteiger partial charge in [0.05, 0.1) is 12.8 Å². The van der Waals surface area contributed by atoms with Gasteiger partial charge in [0, 0.05) is 5.56 Å². The third-order valence-corrected chi connectivity index (χ3v) is 4.16. The number of nitrogens with one attached hydrogen (secondary N) is 1. The molecule has 0 unspecified atom stereocenters. The molecule has 0 radical (unpaired) electrons. The highest BCUT2D eigenvalue weighted by molar-refractivity contribution is 6.06. The van der Waals surface area contributed by atoms with Gasteiger partial charge in [-0.1, -0.05) is 26.0 Å². The first-order valence-corrected chi connectivity index (χ1v) is 8.61. The maximum atomic E-state index is 12.4. The Balaban J connectivity index is 2.22. The molecule has 0 aliphatic carbocycles. The van der Waals surface area contributed by atoms with Gasteiger partial charge in [-0.05, 0) is 67.6 Å². The summed E-state index contributed by atoms with van der Waals surface area (Å²) in [7, 11) is 1.67. The summed E-state index contributed by atoms with van der Waals surface area (Å²) < 4.78 is 5.40. The highest BCUT2D eigenvalue weighted by Crippen LogP contribution is 2.29. The van der Waals surface area contributed by atoms with Crippen LogP contribution in [0.5, 0.6) is 5.75 Å². The Kier molecular flexibility index (Phi) is 6.34. The van der Waals surface area contributed by atoms with Crippen LogP contribution in [-0.2, 0) is 12.8 Å². The minimum atomic E-state index is -0.140. The number of aliphatic imine (C=N–C) groups is 1. The van der Waals surface area contributed by atoms with Crippen molar-refractivity contribution < 1.29 is 9.53 Å². The van der Waals surface area contributed by atoms with Gasteiger partial charge < -0.3 is 10.1 Å². The van der Waals surface area contributed by atoms with Crippen molar-refractivity contribution in [2.45, 2.75) is 40.5 Å². The van der Waals surface area contributed by atoms with Crippen molar-refractivity contribution in [2.24, 2.45) is 4.99 Å². The molecular weight excluding hydrogens is 312 g/mol. The van der Waals surface area contributed by atoms with Crippen LogP contribution in [0.4, 0.5) is 5.69 Å². The normalized spacial score (nSPS) is 11.3. The molecule has 0 heterocycles. The maximum absolute atomic E-state index is 12.4. The number of benzene rings is 2. The Labute approximate surface area is 149 Å². The van der Waals surface area contributed by atoms with Gasteiger partial charge >= 0.3 is 0 Å². The molecule has 2 aromatic rings. The monoisotopic (exact) mass is 338 g/mol. The van der Waals surface area contributed by atoms with Crippen molar-refractivity contribution in [3.05, 3.63) is 58.7 Å². The first kappa shape index (κ1) is 18.7. The second-order valence-corrected chi connectivity index (χ2v) is 6.01. The van der Waals surface area contributed by atoms with Crippen LogP contribution in [0.15, 0.2) is 41.4 Å². The van der Waals surface area contributed by atoms with Crippen molar-refractivity contribution in [3.63, 3.8) is 0 Å². The van der Waals surface area contributed by atoms with Crippen molar-refractivity contribution in [1.82, 2.24) is 5.32 Å². The number of hydrogen-bond acceptors (Lipinski definition) is 3. The molecule has 25 heavy (non-hydrogen) atoms. The summed E-state index contributed by atoms with van der Waals surface area (Å²) in [5.74, 6) is 1.30. The smallest absolute Gasteiger partial charge is 0.256 e. The highest BCUT2D eigenvalue weighted by Gasteiger charge is 2.09. The fraction of sp³-hybridized carbons (Fsp3) is 0.333.